The van der Waals surface area contributed by atoms with E-state index in [1.807, 2.05) is 47.5 Å². The minimum absolute atomic E-state index is 0.0288. The molecule has 1 amide bonds. The maximum absolute atomic E-state index is 13.1. The van der Waals surface area contributed by atoms with E-state index in [0.717, 1.165) is 18.5 Å². The zero-order valence-corrected chi connectivity index (χ0v) is 17.4. The number of hydrogen-bond acceptors (Lipinski definition) is 6. The van der Waals surface area contributed by atoms with Gasteiger partial charge in [0, 0.05) is 43.8 Å². The summed E-state index contributed by atoms with van der Waals surface area (Å²) in [5, 5.41) is 4.16. The van der Waals surface area contributed by atoms with Crippen LogP contribution >= 0.6 is 0 Å². The number of aromatic nitrogens is 5. The van der Waals surface area contributed by atoms with Crippen LogP contribution in [0.25, 0.3) is 5.82 Å². The van der Waals surface area contributed by atoms with E-state index in [2.05, 4.69) is 20.1 Å². The average Bonchev–Trinajstić information content (AvgIpc) is 3.40. The number of ether oxygens (including phenoxy) is 1. The van der Waals surface area contributed by atoms with Crippen LogP contribution in [0.2, 0.25) is 0 Å². The monoisotopic (exact) mass is 426 g/mol. The molecule has 5 rings (SSSR count). The predicted molar refractivity (Wildman–Crippen MR) is 118 cm³/mol. The summed E-state index contributed by atoms with van der Waals surface area (Å²) in [6, 6.07) is 14.9. The zero-order chi connectivity index (χ0) is 21.8. The SMILES string of the molecule is O=C(c1ccc(-n2cccn2)nc1)N1CCCC(c2cncc(Oc3ccccc3)n2)C1. The predicted octanol–water partition coefficient (Wildman–Crippen LogP) is 3.87. The second-order valence-corrected chi connectivity index (χ2v) is 7.64. The summed E-state index contributed by atoms with van der Waals surface area (Å²) in [6.45, 7) is 1.30. The lowest BCUT2D eigenvalue weighted by molar-refractivity contribution is 0.0705. The molecule has 0 N–H and O–H groups in total. The third-order valence-corrected chi connectivity index (χ3v) is 5.46. The van der Waals surface area contributed by atoms with Gasteiger partial charge in [-0.05, 0) is 43.2 Å². The van der Waals surface area contributed by atoms with Crippen molar-refractivity contribution < 1.29 is 9.53 Å². The van der Waals surface area contributed by atoms with Crippen molar-refractivity contribution >= 4 is 5.91 Å². The fourth-order valence-corrected chi connectivity index (χ4v) is 3.86. The van der Waals surface area contributed by atoms with Gasteiger partial charge in [0.2, 0.25) is 5.88 Å². The molecule has 0 saturated carbocycles. The topological polar surface area (TPSA) is 86.0 Å². The van der Waals surface area contributed by atoms with Gasteiger partial charge >= 0.3 is 0 Å². The zero-order valence-electron chi connectivity index (χ0n) is 17.4. The molecule has 32 heavy (non-hydrogen) atoms. The molecule has 8 heteroatoms. The van der Waals surface area contributed by atoms with E-state index in [9.17, 15) is 4.79 Å². The van der Waals surface area contributed by atoms with Gasteiger partial charge in [0.05, 0.1) is 17.5 Å². The summed E-state index contributed by atoms with van der Waals surface area (Å²) < 4.78 is 7.49. The van der Waals surface area contributed by atoms with Crippen molar-refractivity contribution in [3.8, 4) is 17.4 Å². The van der Waals surface area contributed by atoms with E-state index in [0.29, 0.717) is 36.1 Å². The summed E-state index contributed by atoms with van der Waals surface area (Å²) in [6.07, 6.45) is 10.3. The number of amides is 1. The molecule has 1 atom stereocenters. The lowest BCUT2D eigenvalue weighted by Crippen LogP contribution is -2.39. The van der Waals surface area contributed by atoms with Gasteiger partial charge in [0.25, 0.3) is 5.91 Å². The van der Waals surface area contributed by atoms with Crippen LogP contribution in [0.15, 0.2) is 79.5 Å². The van der Waals surface area contributed by atoms with Crippen molar-refractivity contribution in [3.05, 3.63) is 90.8 Å². The summed E-state index contributed by atoms with van der Waals surface area (Å²) in [7, 11) is 0. The number of likely N-dealkylation sites (tertiary alicyclic amines) is 1. The van der Waals surface area contributed by atoms with Crippen LogP contribution in [0.1, 0.15) is 34.8 Å². The molecule has 0 bridgehead atoms. The van der Waals surface area contributed by atoms with Gasteiger partial charge in [-0.25, -0.2) is 14.6 Å². The van der Waals surface area contributed by atoms with Crippen molar-refractivity contribution in [3.63, 3.8) is 0 Å². The number of benzene rings is 1. The van der Waals surface area contributed by atoms with Gasteiger partial charge in [-0.3, -0.25) is 9.78 Å². The first-order valence-corrected chi connectivity index (χ1v) is 10.6. The van der Waals surface area contributed by atoms with E-state index in [1.54, 1.807) is 41.6 Å². The van der Waals surface area contributed by atoms with Crippen LogP contribution in [0.5, 0.6) is 11.6 Å². The number of hydrogen-bond donors (Lipinski definition) is 0. The van der Waals surface area contributed by atoms with Crippen molar-refractivity contribution in [1.82, 2.24) is 29.6 Å². The molecular weight excluding hydrogens is 404 g/mol. The Balaban J connectivity index is 1.28. The number of carbonyl (C=O) groups is 1. The molecule has 1 unspecified atom stereocenters. The highest BCUT2D eigenvalue weighted by Crippen LogP contribution is 2.28. The Kier molecular flexibility index (Phi) is 5.57. The maximum Gasteiger partial charge on any atom is 0.255 e. The van der Waals surface area contributed by atoms with E-state index < -0.39 is 0 Å². The Morgan fingerprint density at radius 1 is 1.03 bits per heavy atom. The van der Waals surface area contributed by atoms with Gasteiger partial charge in [-0.1, -0.05) is 18.2 Å². The molecule has 160 valence electrons. The molecule has 1 aromatic carbocycles. The van der Waals surface area contributed by atoms with E-state index >= 15 is 0 Å². The lowest BCUT2D eigenvalue weighted by atomic mass is 9.94. The molecule has 0 radical (unpaired) electrons. The Morgan fingerprint density at radius 3 is 2.72 bits per heavy atom. The van der Waals surface area contributed by atoms with Gasteiger partial charge in [-0.15, -0.1) is 0 Å². The highest BCUT2D eigenvalue weighted by molar-refractivity contribution is 5.94. The van der Waals surface area contributed by atoms with Crippen molar-refractivity contribution in [2.24, 2.45) is 0 Å². The number of para-hydroxylation sites is 1. The Bertz CT molecular complexity index is 1180. The fourth-order valence-electron chi connectivity index (χ4n) is 3.86. The van der Waals surface area contributed by atoms with Crippen LogP contribution in [0, 0.1) is 0 Å². The third kappa shape index (κ3) is 4.34. The van der Waals surface area contributed by atoms with Crippen molar-refractivity contribution in [1.29, 1.82) is 0 Å². The minimum atomic E-state index is -0.0288. The quantitative estimate of drug-likeness (QED) is 0.482. The molecule has 0 aliphatic carbocycles. The fraction of sp³-hybridized carbons (Fsp3) is 0.208. The summed E-state index contributed by atoms with van der Waals surface area (Å²) in [5.41, 5.74) is 1.40. The molecule has 4 aromatic rings. The van der Waals surface area contributed by atoms with Crippen LogP contribution in [-0.2, 0) is 0 Å². The number of carbonyl (C=O) groups excluding carboxylic acids is 1. The summed E-state index contributed by atoms with van der Waals surface area (Å²) >= 11 is 0. The molecule has 1 aliphatic rings. The largest absolute Gasteiger partial charge is 0.437 e. The molecular formula is C24H22N6O2. The van der Waals surface area contributed by atoms with Crippen LogP contribution < -0.4 is 4.74 Å². The Morgan fingerprint density at radius 2 is 1.94 bits per heavy atom. The minimum Gasteiger partial charge on any atom is -0.437 e. The first-order chi connectivity index (χ1) is 15.8. The van der Waals surface area contributed by atoms with Gasteiger partial charge in [0.15, 0.2) is 5.82 Å². The lowest BCUT2D eigenvalue weighted by Gasteiger charge is -2.32. The van der Waals surface area contributed by atoms with Crippen molar-refractivity contribution in [2.75, 3.05) is 13.1 Å². The Hall–Kier alpha value is -4.07. The average molecular weight is 426 g/mol. The smallest absolute Gasteiger partial charge is 0.255 e. The van der Waals surface area contributed by atoms with Crippen LogP contribution in [0.4, 0.5) is 0 Å². The van der Waals surface area contributed by atoms with Gasteiger partial charge in [0.1, 0.15) is 5.75 Å². The highest BCUT2D eigenvalue weighted by atomic mass is 16.5. The second kappa shape index (κ2) is 8.97. The molecule has 8 nitrogen and oxygen atoms in total. The van der Waals surface area contributed by atoms with Crippen LogP contribution in [0.3, 0.4) is 0 Å². The number of piperidine rings is 1. The molecule has 0 spiro atoms. The van der Waals surface area contributed by atoms with Crippen LogP contribution in [-0.4, -0.2) is 48.6 Å². The summed E-state index contributed by atoms with van der Waals surface area (Å²) in [4.78, 5) is 28.3. The molecule has 1 aliphatic heterocycles. The molecule has 1 fully saturated rings. The number of nitrogens with zero attached hydrogens (tertiary/aromatic N) is 6. The first kappa shape index (κ1) is 19.9. The first-order valence-electron chi connectivity index (χ1n) is 10.6. The maximum atomic E-state index is 13.1. The summed E-state index contributed by atoms with van der Waals surface area (Å²) in [5.74, 6) is 1.92. The normalized spacial score (nSPS) is 16.0. The second-order valence-electron chi connectivity index (χ2n) is 7.64. The third-order valence-electron chi connectivity index (χ3n) is 5.46. The van der Waals surface area contributed by atoms with Gasteiger partial charge < -0.3 is 9.64 Å². The van der Waals surface area contributed by atoms with Crippen molar-refractivity contribution in [2.45, 2.75) is 18.8 Å². The highest BCUT2D eigenvalue weighted by Gasteiger charge is 2.27. The number of pyridine rings is 1. The van der Waals surface area contributed by atoms with E-state index in [1.165, 1.54) is 0 Å². The molecule has 1 saturated heterocycles. The standard InChI is InChI=1S/C24H22N6O2/c31-24(18-9-10-22(26-14-18)30-13-5-11-27-30)29-12-4-6-19(17-29)21-15-25-16-23(28-21)32-20-7-2-1-3-8-20/h1-3,5,7-11,13-16,19H,4,6,12,17H2. The molecule has 4 heterocycles. The number of rotatable bonds is 5. The Labute approximate surface area is 185 Å². The van der Waals surface area contributed by atoms with Gasteiger partial charge in [-0.2, -0.15) is 5.10 Å². The van der Waals surface area contributed by atoms with E-state index in [4.69, 9.17) is 4.74 Å². The molecule has 3 aromatic heterocycles. The van der Waals surface area contributed by atoms with E-state index in [-0.39, 0.29) is 11.8 Å².